The minimum absolute atomic E-state index is 0.00591. The first-order valence-corrected chi connectivity index (χ1v) is 6.53. The highest BCUT2D eigenvalue weighted by Crippen LogP contribution is 2.21. The predicted octanol–water partition coefficient (Wildman–Crippen LogP) is -0.238. The van der Waals surface area contributed by atoms with Crippen LogP contribution in [0.3, 0.4) is 0 Å². The second-order valence-corrected chi connectivity index (χ2v) is 5.24. The summed E-state index contributed by atoms with van der Waals surface area (Å²) in [6, 6.07) is 4.32. The number of carbonyl (C=O) groups excluding carboxylic acids is 1. The van der Waals surface area contributed by atoms with E-state index in [1.165, 1.54) is 32.4 Å². The Labute approximate surface area is 105 Å². The molecular weight excluding hydrogens is 258 g/mol. The van der Waals surface area contributed by atoms with E-state index in [4.69, 9.17) is 5.73 Å². The molecule has 8 heteroatoms. The van der Waals surface area contributed by atoms with E-state index < -0.39 is 16.0 Å². The van der Waals surface area contributed by atoms with E-state index in [1.807, 2.05) is 0 Å². The van der Waals surface area contributed by atoms with Crippen LogP contribution >= 0.6 is 0 Å². The second-order valence-electron chi connectivity index (χ2n) is 3.39. The van der Waals surface area contributed by atoms with Crippen LogP contribution in [0.1, 0.15) is 0 Å². The lowest BCUT2D eigenvalue weighted by Gasteiger charge is -2.09. The fourth-order valence-electron chi connectivity index (χ4n) is 1.26. The third-order valence-electron chi connectivity index (χ3n) is 2.23. The van der Waals surface area contributed by atoms with Crippen molar-refractivity contribution in [2.75, 3.05) is 31.8 Å². The van der Waals surface area contributed by atoms with E-state index in [1.54, 1.807) is 0 Å². The number of hydrogen-bond acceptors (Lipinski definition) is 6. The topological polar surface area (TPSA) is 111 Å². The van der Waals surface area contributed by atoms with E-state index in [9.17, 15) is 13.2 Å². The molecule has 1 aromatic carbocycles. The van der Waals surface area contributed by atoms with Crippen LogP contribution in [0.15, 0.2) is 23.1 Å². The maximum Gasteiger partial charge on any atom is 0.325 e. The molecule has 1 rings (SSSR count). The number of sulfonamides is 1. The van der Waals surface area contributed by atoms with Gasteiger partial charge in [-0.2, -0.15) is 0 Å². The lowest BCUT2D eigenvalue weighted by atomic mass is 10.3. The van der Waals surface area contributed by atoms with Gasteiger partial charge in [0.2, 0.25) is 10.0 Å². The van der Waals surface area contributed by atoms with Crippen molar-refractivity contribution in [1.29, 1.82) is 0 Å². The molecule has 0 amide bonds. The van der Waals surface area contributed by atoms with Gasteiger partial charge in [-0.1, -0.05) is 0 Å². The highest BCUT2D eigenvalue weighted by atomic mass is 32.2. The number of methoxy groups -OCH3 is 1. The number of nitrogens with two attached hydrogens (primary N) is 1. The zero-order chi connectivity index (χ0) is 13.8. The van der Waals surface area contributed by atoms with Crippen molar-refractivity contribution < 1.29 is 17.9 Å². The first kappa shape index (κ1) is 14.3. The molecule has 0 aliphatic heterocycles. The molecule has 18 heavy (non-hydrogen) atoms. The van der Waals surface area contributed by atoms with Crippen molar-refractivity contribution in [2.45, 2.75) is 4.90 Å². The van der Waals surface area contributed by atoms with E-state index in [0.29, 0.717) is 5.69 Å². The molecule has 0 radical (unpaired) electrons. The van der Waals surface area contributed by atoms with Gasteiger partial charge >= 0.3 is 5.97 Å². The summed E-state index contributed by atoms with van der Waals surface area (Å²) >= 11 is 0. The molecule has 0 spiro atoms. The molecule has 0 unspecified atom stereocenters. The molecule has 0 saturated heterocycles. The van der Waals surface area contributed by atoms with Gasteiger partial charge in [-0.3, -0.25) is 4.79 Å². The summed E-state index contributed by atoms with van der Waals surface area (Å²) in [5, 5.41) is 2.76. The highest BCUT2D eigenvalue weighted by molar-refractivity contribution is 7.89. The number of ether oxygens (including phenoxy) is 1. The summed E-state index contributed by atoms with van der Waals surface area (Å²) in [5.41, 5.74) is 6.28. The Kier molecular flexibility index (Phi) is 4.51. The standard InChI is InChI=1S/C10H15N3O4S/c1-12-18(15,16)9-4-3-7(5-8(9)11)13-6-10(14)17-2/h3-5,12-13H,6,11H2,1-2H3. The van der Waals surface area contributed by atoms with Gasteiger partial charge in [-0.15, -0.1) is 0 Å². The zero-order valence-electron chi connectivity index (χ0n) is 10.1. The minimum atomic E-state index is -3.58. The quantitative estimate of drug-likeness (QED) is 0.504. The number of esters is 1. The monoisotopic (exact) mass is 273 g/mol. The molecule has 0 fully saturated rings. The van der Waals surface area contributed by atoms with Gasteiger partial charge in [0, 0.05) is 5.69 Å². The molecule has 0 heterocycles. The van der Waals surface area contributed by atoms with Crippen molar-refractivity contribution in [1.82, 2.24) is 4.72 Å². The maximum absolute atomic E-state index is 11.6. The fourth-order valence-corrected chi connectivity index (χ4v) is 2.10. The Bertz CT molecular complexity index is 542. The van der Waals surface area contributed by atoms with Gasteiger partial charge in [0.25, 0.3) is 0 Å². The van der Waals surface area contributed by atoms with Gasteiger partial charge < -0.3 is 15.8 Å². The number of carbonyl (C=O) groups is 1. The van der Waals surface area contributed by atoms with Gasteiger partial charge in [0.15, 0.2) is 0 Å². The highest BCUT2D eigenvalue weighted by Gasteiger charge is 2.15. The summed E-state index contributed by atoms with van der Waals surface area (Å²) in [5.74, 6) is -0.430. The maximum atomic E-state index is 11.6. The second kappa shape index (κ2) is 5.69. The normalized spacial score (nSPS) is 11.0. The van der Waals surface area contributed by atoms with Crippen molar-refractivity contribution >= 4 is 27.4 Å². The van der Waals surface area contributed by atoms with Gasteiger partial charge in [0.1, 0.15) is 11.4 Å². The average molecular weight is 273 g/mol. The van der Waals surface area contributed by atoms with Crippen molar-refractivity contribution in [3.05, 3.63) is 18.2 Å². The third-order valence-corrected chi connectivity index (χ3v) is 3.72. The summed E-state index contributed by atoms with van der Waals surface area (Å²) in [7, 11) is -0.993. The lowest BCUT2D eigenvalue weighted by Crippen LogP contribution is -2.20. The van der Waals surface area contributed by atoms with Crippen LogP contribution in [0.5, 0.6) is 0 Å². The minimum Gasteiger partial charge on any atom is -0.468 e. The number of benzene rings is 1. The summed E-state index contributed by atoms with van der Waals surface area (Å²) in [6.45, 7) is -0.0198. The number of anilines is 2. The van der Waals surface area contributed by atoms with Crippen molar-refractivity contribution in [3.8, 4) is 0 Å². The summed E-state index contributed by atoms with van der Waals surface area (Å²) in [6.07, 6.45) is 0. The van der Waals surface area contributed by atoms with Crippen LogP contribution in [-0.4, -0.2) is 35.1 Å². The van der Waals surface area contributed by atoms with Crippen LogP contribution in [0.25, 0.3) is 0 Å². The molecule has 100 valence electrons. The Hall–Kier alpha value is -1.80. The smallest absolute Gasteiger partial charge is 0.325 e. The molecule has 1 aromatic rings. The largest absolute Gasteiger partial charge is 0.468 e. The van der Waals surface area contributed by atoms with Gasteiger partial charge in [-0.05, 0) is 25.2 Å². The molecule has 0 atom stereocenters. The number of rotatable bonds is 5. The van der Waals surface area contributed by atoms with Crippen LogP contribution in [0.4, 0.5) is 11.4 Å². The SMILES string of the molecule is CNS(=O)(=O)c1ccc(NCC(=O)OC)cc1N. The Balaban J connectivity index is 2.90. The lowest BCUT2D eigenvalue weighted by molar-refractivity contribution is -0.138. The molecule has 4 N–H and O–H groups in total. The van der Waals surface area contributed by atoms with Crippen molar-refractivity contribution in [2.24, 2.45) is 0 Å². The summed E-state index contributed by atoms with van der Waals surface area (Å²) < 4.78 is 29.8. The van der Waals surface area contributed by atoms with E-state index in [0.717, 1.165) is 0 Å². The molecule has 0 aliphatic rings. The first-order valence-electron chi connectivity index (χ1n) is 5.04. The van der Waals surface area contributed by atoms with Crippen molar-refractivity contribution in [3.63, 3.8) is 0 Å². The molecular formula is C10H15N3O4S. The Morgan fingerprint density at radius 3 is 2.61 bits per heavy atom. The first-order chi connectivity index (χ1) is 8.40. The number of hydrogen-bond donors (Lipinski definition) is 3. The molecule has 0 aliphatic carbocycles. The van der Waals surface area contributed by atoms with Crippen LogP contribution < -0.4 is 15.8 Å². The molecule has 0 bridgehead atoms. The van der Waals surface area contributed by atoms with E-state index >= 15 is 0 Å². The molecule has 0 saturated carbocycles. The van der Waals surface area contributed by atoms with E-state index in [2.05, 4.69) is 14.8 Å². The zero-order valence-corrected chi connectivity index (χ0v) is 10.9. The van der Waals surface area contributed by atoms with Crippen LogP contribution in [-0.2, 0) is 19.6 Å². The van der Waals surface area contributed by atoms with Crippen LogP contribution in [0, 0.1) is 0 Å². The van der Waals surface area contributed by atoms with Crippen LogP contribution in [0.2, 0.25) is 0 Å². The van der Waals surface area contributed by atoms with Gasteiger partial charge in [-0.25, -0.2) is 13.1 Å². The Morgan fingerprint density at radius 2 is 2.11 bits per heavy atom. The Morgan fingerprint density at radius 1 is 1.44 bits per heavy atom. The fraction of sp³-hybridized carbons (Fsp3) is 0.300. The van der Waals surface area contributed by atoms with Gasteiger partial charge in [0.05, 0.1) is 12.8 Å². The number of nitrogen functional groups attached to an aromatic ring is 1. The number of nitrogens with one attached hydrogen (secondary N) is 2. The molecule has 0 aromatic heterocycles. The predicted molar refractivity (Wildman–Crippen MR) is 67.6 cm³/mol. The average Bonchev–Trinajstić information content (AvgIpc) is 2.35. The third kappa shape index (κ3) is 3.34. The molecule has 7 nitrogen and oxygen atoms in total. The van der Waals surface area contributed by atoms with E-state index in [-0.39, 0.29) is 17.1 Å². The summed E-state index contributed by atoms with van der Waals surface area (Å²) in [4.78, 5) is 10.9.